The summed E-state index contributed by atoms with van der Waals surface area (Å²) in [5.74, 6) is 0.483. The van der Waals surface area contributed by atoms with Crippen LogP contribution in [0.1, 0.15) is 0 Å². The van der Waals surface area contributed by atoms with Crippen molar-refractivity contribution in [3.8, 4) is 5.75 Å². The van der Waals surface area contributed by atoms with E-state index in [2.05, 4.69) is 9.53 Å². The third kappa shape index (κ3) is 3.30. The molecule has 0 aliphatic rings. The van der Waals surface area contributed by atoms with E-state index in [4.69, 9.17) is 4.52 Å². The Bertz CT molecular complexity index is 365. The van der Waals surface area contributed by atoms with Gasteiger partial charge in [0.15, 0.2) is 0 Å². The maximum atomic E-state index is 9.94. The van der Waals surface area contributed by atoms with Crippen molar-refractivity contribution in [3.05, 3.63) is 30.3 Å². The van der Waals surface area contributed by atoms with Crippen molar-refractivity contribution in [2.45, 2.75) is 0 Å². The maximum Gasteiger partial charge on any atom is 0.373 e. The van der Waals surface area contributed by atoms with Crippen LogP contribution >= 0.6 is 8.45 Å². The van der Waals surface area contributed by atoms with Gasteiger partial charge in [-0.25, -0.2) is 9.59 Å². The van der Waals surface area contributed by atoms with Crippen LogP contribution < -0.4 is 4.52 Å². The smallest absolute Gasteiger partial charge is 0.373 e. The van der Waals surface area contributed by atoms with Crippen LogP contribution in [0.4, 0.5) is 0 Å². The van der Waals surface area contributed by atoms with Crippen LogP contribution in [-0.4, -0.2) is 12.2 Å². The lowest BCUT2D eigenvalue weighted by molar-refractivity contribution is 0.562. The summed E-state index contributed by atoms with van der Waals surface area (Å²) in [6.07, 6.45) is 2.56. The molecule has 0 radical (unpaired) electrons. The number of carbonyl (C=O) groups excluding carboxylic acids is 2. The van der Waals surface area contributed by atoms with Crippen molar-refractivity contribution in [2.75, 3.05) is 0 Å². The van der Waals surface area contributed by atoms with Crippen LogP contribution in [0.3, 0.4) is 0 Å². The lowest BCUT2D eigenvalue weighted by Gasteiger charge is -2.04. The minimum absolute atomic E-state index is 0.483. The number of benzene rings is 1. The standard InChI is InChI=1S/C8H5N2O3P/c11-6-9-14(10-7-12)13-8-4-2-1-3-5-8/h1-5H. The quantitative estimate of drug-likeness (QED) is 0.431. The van der Waals surface area contributed by atoms with Gasteiger partial charge in [-0.05, 0) is 12.1 Å². The molecule has 0 unspecified atom stereocenters. The third-order valence-electron chi connectivity index (χ3n) is 1.18. The molecule has 0 aromatic heterocycles. The van der Waals surface area contributed by atoms with Gasteiger partial charge in [0, 0.05) is 0 Å². The van der Waals surface area contributed by atoms with Gasteiger partial charge in [-0.3, -0.25) is 0 Å². The summed E-state index contributed by atoms with van der Waals surface area (Å²) in [7, 11) is -1.83. The molecule has 0 aliphatic heterocycles. The van der Waals surface area contributed by atoms with E-state index in [1.165, 1.54) is 12.2 Å². The van der Waals surface area contributed by atoms with Crippen molar-refractivity contribution in [3.63, 3.8) is 0 Å². The summed E-state index contributed by atoms with van der Waals surface area (Å²) in [5, 5.41) is 0. The Labute approximate surface area is 81.1 Å². The molecule has 0 saturated heterocycles. The number of para-hydroxylation sites is 1. The Kier molecular flexibility index (Phi) is 4.25. The SMILES string of the molecule is O=C=NP(N=C=O)Oc1ccccc1. The van der Waals surface area contributed by atoms with E-state index >= 15 is 0 Å². The molecule has 5 nitrogen and oxygen atoms in total. The molecule has 0 fully saturated rings. The van der Waals surface area contributed by atoms with E-state index in [0.29, 0.717) is 5.75 Å². The molecule has 1 aromatic carbocycles. The van der Waals surface area contributed by atoms with E-state index < -0.39 is 8.45 Å². The van der Waals surface area contributed by atoms with E-state index in [-0.39, 0.29) is 0 Å². The second-order valence-corrected chi connectivity index (χ2v) is 3.13. The fourth-order valence-corrected chi connectivity index (χ4v) is 1.29. The Morgan fingerprint density at radius 3 is 2.14 bits per heavy atom. The molecule has 1 aromatic rings. The molecule has 0 bridgehead atoms. The highest BCUT2D eigenvalue weighted by atomic mass is 31.2. The van der Waals surface area contributed by atoms with Gasteiger partial charge in [0.25, 0.3) is 0 Å². The average Bonchev–Trinajstić information content (AvgIpc) is 2.20. The van der Waals surface area contributed by atoms with Gasteiger partial charge in [0.1, 0.15) is 5.75 Å². The summed E-state index contributed by atoms with van der Waals surface area (Å²) in [5.41, 5.74) is 0. The first-order valence-corrected chi connectivity index (χ1v) is 4.72. The van der Waals surface area contributed by atoms with Crippen LogP contribution in [0.15, 0.2) is 39.9 Å². The first kappa shape index (κ1) is 10.3. The summed E-state index contributed by atoms with van der Waals surface area (Å²) in [4.78, 5) is 19.9. The molecule has 0 aliphatic carbocycles. The van der Waals surface area contributed by atoms with E-state index in [0.717, 1.165) is 0 Å². The molecule has 0 amide bonds. The van der Waals surface area contributed by atoms with Gasteiger partial charge in [-0.15, -0.1) is 9.53 Å². The van der Waals surface area contributed by atoms with Crippen molar-refractivity contribution in [1.82, 2.24) is 0 Å². The number of isocyanates is 2. The van der Waals surface area contributed by atoms with Crippen molar-refractivity contribution < 1.29 is 14.1 Å². The fourth-order valence-electron chi connectivity index (χ4n) is 0.709. The normalized spacial score (nSPS) is 10.6. The molecule has 1 rings (SSSR count). The zero-order valence-electron chi connectivity index (χ0n) is 6.95. The second kappa shape index (κ2) is 5.79. The largest absolute Gasteiger partial charge is 0.433 e. The molecule has 14 heavy (non-hydrogen) atoms. The average molecular weight is 208 g/mol. The van der Waals surface area contributed by atoms with Crippen molar-refractivity contribution >= 4 is 20.6 Å². The van der Waals surface area contributed by atoms with Crippen LogP contribution in [-0.2, 0) is 9.59 Å². The minimum atomic E-state index is -1.83. The monoisotopic (exact) mass is 208 g/mol. The van der Waals surface area contributed by atoms with Gasteiger partial charge in [-0.1, -0.05) is 18.2 Å². The van der Waals surface area contributed by atoms with Crippen LogP contribution in [0.2, 0.25) is 0 Å². The predicted octanol–water partition coefficient (Wildman–Crippen LogP) is 1.96. The summed E-state index contributed by atoms with van der Waals surface area (Å²) >= 11 is 0. The molecular weight excluding hydrogens is 203 g/mol. The van der Waals surface area contributed by atoms with Crippen LogP contribution in [0.25, 0.3) is 0 Å². The molecule has 0 atom stereocenters. The lowest BCUT2D eigenvalue weighted by Crippen LogP contribution is -1.81. The Balaban J connectivity index is 2.74. The van der Waals surface area contributed by atoms with E-state index in [1.807, 2.05) is 0 Å². The van der Waals surface area contributed by atoms with Gasteiger partial charge in [0.2, 0.25) is 12.2 Å². The Hall–Kier alpha value is -1.79. The van der Waals surface area contributed by atoms with E-state index in [1.54, 1.807) is 30.3 Å². The molecular formula is C8H5N2O3P. The third-order valence-corrected chi connectivity index (χ3v) is 2.06. The topological polar surface area (TPSA) is 68.1 Å². The van der Waals surface area contributed by atoms with Crippen LogP contribution in [0, 0.1) is 0 Å². The molecule has 70 valence electrons. The van der Waals surface area contributed by atoms with Crippen molar-refractivity contribution in [1.29, 1.82) is 0 Å². The maximum absolute atomic E-state index is 9.94. The van der Waals surface area contributed by atoms with Gasteiger partial charge < -0.3 is 4.52 Å². The minimum Gasteiger partial charge on any atom is -0.433 e. The molecule has 6 heteroatoms. The highest BCUT2D eigenvalue weighted by Gasteiger charge is 2.07. The Morgan fingerprint density at radius 1 is 1.07 bits per heavy atom. The summed E-state index contributed by atoms with van der Waals surface area (Å²) in [6.45, 7) is 0. The number of hydrogen-bond acceptors (Lipinski definition) is 5. The van der Waals surface area contributed by atoms with Gasteiger partial charge >= 0.3 is 8.45 Å². The zero-order chi connectivity index (χ0) is 10.2. The number of rotatable bonds is 4. The number of nitrogens with zero attached hydrogens (tertiary/aromatic N) is 2. The highest BCUT2D eigenvalue weighted by Crippen LogP contribution is 2.39. The molecule has 0 spiro atoms. The molecule has 0 saturated carbocycles. The second-order valence-electron chi connectivity index (χ2n) is 2.04. The predicted molar refractivity (Wildman–Crippen MR) is 50.2 cm³/mol. The lowest BCUT2D eigenvalue weighted by atomic mass is 10.3. The first-order chi connectivity index (χ1) is 6.86. The first-order valence-electron chi connectivity index (χ1n) is 3.55. The van der Waals surface area contributed by atoms with Crippen molar-refractivity contribution in [2.24, 2.45) is 9.53 Å². The number of hydrogen-bond donors (Lipinski definition) is 0. The van der Waals surface area contributed by atoms with E-state index in [9.17, 15) is 9.59 Å². The van der Waals surface area contributed by atoms with Gasteiger partial charge in [-0.2, -0.15) is 0 Å². The van der Waals surface area contributed by atoms with Crippen LogP contribution in [0.5, 0.6) is 5.75 Å². The molecule has 0 heterocycles. The Morgan fingerprint density at radius 2 is 1.64 bits per heavy atom. The van der Waals surface area contributed by atoms with Gasteiger partial charge in [0.05, 0.1) is 0 Å². The summed E-state index contributed by atoms with van der Waals surface area (Å²) in [6, 6.07) is 8.63. The zero-order valence-corrected chi connectivity index (χ0v) is 7.85. The highest BCUT2D eigenvalue weighted by molar-refractivity contribution is 7.50. The fraction of sp³-hybridized carbons (Fsp3) is 0. The summed E-state index contributed by atoms with van der Waals surface area (Å²) < 4.78 is 11.5. The molecule has 0 N–H and O–H groups in total.